The van der Waals surface area contributed by atoms with Crippen molar-refractivity contribution in [1.29, 1.82) is 0 Å². The second-order valence-corrected chi connectivity index (χ2v) is 7.80. The molecule has 0 aliphatic carbocycles. The number of hydrogen-bond donors (Lipinski definition) is 2. The number of carbonyl (C=O) groups excluding carboxylic acids is 1. The molecule has 2 aromatic heterocycles. The molecule has 3 N–H and O–H groups in total. The van der Waals surface area contributed by atoms with Crippen LogP contribution >= 0.6 is 0 Å². The Kier molecular flexibility index (Phi) is 6.08. The number of H-pyrrole nitrogens is 1. The second-order valence-electron chi connectivity index (χ2n) is 7.80. The number of fused-ring (bicyclic) bond motifs is 1. The Morgan fingerprint density at radius 2 is 1.79 bits per heavy atom. The third-order valence-electron chi connectivity index (χ3n) is 5.61. The van der Waals surface area contributed by atoms with Gasteiger partial charge in [-0.15, -0.1) is 0 Å². The highest BCUT2D eigenvalue weighted by Crippen LogP contribution is 2.27. The van der Waals surface area contributed by atoms with Crippen LogP contribution in [-0.2, 0) is 6.54 Å². The van der Waals surface area contributed by atoms with E-state index in [1.54, 1.807) is 6.07 Å². The van der Waals surface area contributed by atoms with E-state index in [0.29, 0.717) is 35.1 Å². The van der Waals surface area contributed by atoms with Gasteiger partial charge < -0.3 is 10.6 Å². The predicted octanol–water partition coefficient (Wildman–Crippen LogP) is 3.41. The van der Waals surface area contributed by atoms with Crippen molar-refractivity contribution in [3.63, 3.8) is 0 Å². The third kappa shape index (κ3) is 4.15. The highest BCUT2D eigenvalue weighted by Gasteiger charge is 2.24. The van der Waals surface area contributed by atoms with Gasteiger partial charge in [0.25, 0.3) is 11.5 Å². The number of amides is 1. The minimum absolute atomic E-state index is 0.0327. The monoisotopic (exact) mass is 443 g/mol. The van der Waals surface area contributed by atoms with Crippen LogP contribution in [-0.4, -0.2) is 27.5 Å². The van der Waals surface area contributed by atoms with E-state index < -0.39 is 17.2 Å². The number of nitrogens with two attached hydrogens (primary N) is 1. The maximum absolute atomic E-state index is 13.7. The molecule has 0 radical (unpaired) electrons. The molecular weight excluding hydrogens is 418 g/mol. The summed E-state index contributed by atoms with van der Waals surface area (Å²) < 4.78 is 1.30. The molecule has 8 nitrogen and oxygen atoms in total. The van der Waals surface area contributed by atoms with Gasteiger partial charge in [-0.3, -0.25) is 19.1 Å². The topological polar surface area (TPSA) is 114 Å². The number of pyridine rings is 1. The Balaban J connectivity index is 1.86. The first-order chi connectivity index (χ1) is 15.9. The lowest BCUT2D eigenvalue weighted by atomic mass is 10.0. The van der Waals surface area contributed by atoms with Crippen LogP contribution in [0.1, 0.15) is 30.1 Å². The summed E-state index contributed by atoms with van der Waals surface area (Å²) in [6.45, 7) is 2.34. The van der Waals surface area contributed by atoms with Gasteiger partial charge in [0.15, 0.2) is 5.69 Å². The first-order valence-electron chi connectivity index (χ1n) is 10.8. The molecule has 0 aliphatic rings. The number of nitrogens with one attached hydrogen (secondary N) is 1. The molecule has 4 aromatic rings. The summed E-state index contributed by atoms with van der Waals surface area (Å²) in [5.41, 5.74) is 7.41. The number of aromatic nitrogens is 3. The molecule has 168 valence electrons. The first kappa shape index (κ1) is 22.0. The first-order valence-corrected chi connectivity index (χ1v) is 10.8. The van der Waals surface area contributed by atoms with Crippen LogP contribution in [0.4, 0.5) is 11.5 Å². The lowest BCUT2D eigenvalue weighted by Gasteiger charge is -2.21. The number of nitrogens with zero attached hydrogens (tertiary/aromatic N) is 3. The smallest absolute Gasteiger partial charge is 0.330 e. The number of aromatic amines is 1. The largest absolute Gasteiger partial charge is 0.383 e. The average Bonchev–Trinajstić information content (AvgIpc) is 2.83. The van der Waals surface area contributed by atoms with Gasteiger partial charge in [-0.25, -0.2) is 9.78 Å². The molecule has 0 atom stereocenters. The summed E-state index contributed by atoms with van der Waals surface area (Å²) in [7, 11) is 1.48. The maximum atomic E-state index is 13.7. The average molecular weight is 444 g/mol. The van der Waals surface area contributed by atoms with Crippen molar-refractivity contribution in [2.75, 3.05) is 17.7 Å². The fraction of sp³-hybridized carbons (Fsp3) is 0.200. The quantitative estimate of drug-likeness (QED) is 0.474. The van der Waals surface area contributed by atoms with Crippen molar-refractivity contribution in [1.82, 2.24) is 14.5 Å². The standard InChI is InChI=1S/C25H25N5O3/c1-3-4-14-30-22(26)21(23(31)28-25(30)33)29(2)24(32)18-15-20(16-10-6-5-7-11-16)27-19-13-9-8-12-17(18)19/h5-13,15H,3-4,14,26H2,1-2H3,(H,28,31,33). The zero-order valence-electron chi connectivity index (χ0n) is 18.5. The minimum atomic E-state index is -0.706. The second kappa shape index (κ2) is 9.12. The van der Waals surface area contributed by atoms with Crippen molar-refractivity contribution in [2.45, 2.75) is 26.3 Å². The number of para-hydroxylation sites is 1. The summed E-state index contributed by atoms with van der Waals surface area (Å²) >= 11 is 0. The molecule has 0 saturated carbocycles. The van der Waals surface area contributed by atoms with E-state index in [1.165, 1.54) is 16.5 Å². The number of nitrogen functional groups attached to an aromatic ring is 1. The molecule has 0 fully saturated rings. The van der Waals surface area contributed by atoms with Gasteiger partial charge in [0, 0.05) is 24.5 Å². The summed E-state index contributed by atoms with van der Waals surface area (Å²) in [6, 6.07) is 18.6. The fourth-order valence-corrected chi connectivity index (χ4v) is 3.83. The lowest BCUT2D eigenvalue weighted by molar-refractivity contribution is 0.0994. The SMILES string of the molecule is CCCCn1c(N)c(N(C)C(=O)c2cc(-c3ccccc3)nc3ccccc23)c(=O)[nH]c1=O. The molecule has 0 aliphatic heterocycles. The van der Waals surface area contributed by atoms with Gasteiger partial charge in [0.05, 0.1) is 16.8 Å². The Morgan fingerprint density at radius 1 is 1.09 bits per heavy atom. The zero-order valence-corrected chi connectivity index (χ0v) is 18.5. The van der Waals surface area contributed by atoms with Gasteiger partial charge in [-0.1, -0.05) is 61.9 Å². The van der Waals surface area contributed by atoms with Crippen LogP contribution < -0.4 is 21.9 Å². The van der Waals surface area contributed by atoms with Crippen LogP contribution in [0.5, 0.6) is 0 Å². The van der Waals surface area contributed by atoms with Crippen molar-refractivity contribution >= 4 is 28.3 Å². The van der Waals surface area contributed by atoms with Gasteiger partial charge >= 0.3 is 5.69 Å². The number of hydrogen-bond acceptors (Lipinski definition) is 5. The molecular formula is C25H25N5O3. The van der Waals surface area contributed by atoms with Crippen molar-refractivity contribution in [2.24, 2.45) is 0 Å². The normalized spacial score (nSPS) is 11.0. The molecule has 4 rings (SSSR count). The van der Waals surface area contributed by atoms with E-state index in [2.05, 4.69) is 4.98 Å². The molecule has 8 heteroatoms. The number of carbonyl (C=O) groups is 1. The fourth-order valence-electron chi connectivity index (χ4n) is 3.83. The Labute approximate surface area is 190 Å². The van der Waals surface area contributed by atoms with Crippen LogP contribution in [0.15, 0.2) is 70.3 Å². The van der Waals surface area contributed by atoms with Gasteiger partial charge in [0.2, 0.25) is 0 Å². The lowest BCUT2D eigenvalue weighted by Crippen LogP contribution is -2.39. The van der Waals surface area contributed by atoms with Crippen molar-refractivity contribution in [3.8, 4) is 11.3 Å². The highest BCUT2D eigenvalue weighted by molar-refractivity contribution is 6.14. The van der Waals surface area contributed by atoms with Crippen molar-refractivity contribution in [3.05, 3.63) is 87.1 Å². The number of unbranched alkanes of at least 4 members (excludes halogenated alkanes) is 1. The molecule has 0 spiro atoms. The highest BCUT2D eigenvalue weighted by atomic mass is 16.2. The van der Waals surface area contributed by atoms with Crippen LogP contribution in [0.3, 0.4) is 0 Å². The Morgan fingerprint density at radius 3 is 2.52 bits per heavy atom. The molecule has 2 aromatic carbocycles. The zero-order chi connectivity index (χ0) is 23.5. The summed E-state index contributed by atoms with van der Waals surface area (Å²) in [6.07, 6.45) is 1.56. The van der Waals surface area contributed by atoms with E-state index in [-0.39, 0.29) is 11.5 Å². The molecule has 0 bridgehead atoms. The van der Waals surface area contributed by atoms with Gasteiger partial charge in [-0.05, 0) is 18.6 Å². The molecule has 0 saturated heterocycles. The van der Waals surface area contributed by atoms with Crippen LogP contribution in [0.25, 0.3) is 22.2 Å². The van der Waals surface area contributed by atoms with Gasteiger partial charge in [0.1, 0.15) is 5.82 Å². The maximum Gasteiger partial charge on any atom is 0.330 e. The van der Waals surface area contributed by atoms with Crippen LogP contribution in [0.2, 0.25) is 0 Å². The van der Waals surface area contributed by atoms with Gasteiger partial charge in [-0.2, -0.15) is 0 Å². The third-order valence-corrected chi connectivity index (χ3v) is 5.61. The minimum Gasteiger partial charge on any atom is -0.383 e. The van der Waals surface area contributed by atoms with E-state index in [0.717, 1.165) is 12.0 Å². The number of anilines is 2. The summed E-state index contributed by atoms with van der Waals surface area (Å²) in [5.74, 6) is -0.460. The van der Waals surface area contributed by atoms with E-state index in [9.17, 15) is 14.4 Å². The Hall–Kier alpha value is -4.20. The molecule has 2 heterocycles. The predicted molar refractivity (Wildman–Crippen MR) is 131 cm³/mol. The summed E-state index contributed by atoms with van der Waals surface area (Å²) in [4.78, 5) is 46.8. The van der Waals surface area contributed by atoms with Crippen LogP contribution in [0, 0.1) is 0 Å². The molecule has 0 unspecified atom stereocenters. The van der Waals surface area contributed by atoms with Crippen molar-refractivity contribution < 1.29 is 4.79 Å². The molecule has 1 amide bonds. The number of benzene rings is 2. The summed E-state index contributed by atoms with van der Waals surface area (Å²) in [5, 5.41) is 0.656. The van der Waals surface area contributed by atoms with E-state index in [4.69, 9.17) is 10.7 Å². The molecule has 33 heavy (non-hydrogen) atoms. The Bertz CT molecular complexity index is 1440. The van der Waals surface area contributed by atoms with E-state index >= 15 is 0 Å². The van der Waals surface area contributed by atoms with E-state index in [1.807, 2.05) is 61.5 Å². The number of rotatable bonds is 6.